The minimum absolute atomic E-state index is 0.0226. The molecule has 122 valence electrons. The number of halogens is 1. The summed E-state index contributed by atoms with van der Waals surface area (Å²) >= 11 is 0. The number of nitrogens with zero attached hydrogens (tertiary/aromatic N) is 2. The Hall–Kier alpha value is -2.01. The second-order valence-electron chi connectivity index (χ2n) is 5.93. The highest BCUT2D eigenvalue weighted by Gasteiger charge is 2.26. The van der Waals surface area contributed by atoms with Crippen LogP contribution < -0.4 is 0 Å². The summed E-state index contributed by atoms with van der Waals surface area (Å²) in [6.45, 7) is 5.78. The number of piperidine rings is 1. The number of ether oxygens (including phenoxy) is 1. The molecule has 1 atom stereocenters. The maximum absolute atomic E-state index is 13.3. The van der Waals surface area contributed by atoms with Gasteiger partial charge in [0.15, 0.2) is 0 Å². The van der Waals surface area contributed by atoms with E-state index in [0.717, 1.165) is 24.8 Å². The van der Waals surface area contributed by atoms with Crippen LogP contribution in [-0.2, 0) is 4.74 Å². The molecule has 0 bridgehead atoms. The van der Waals surface area contributed by atoms with Crippen molar-refractivity contribution in [3.05, 3.63) is 41.3 Å². The first-order valence-electron chi connectivity index (χ1n) is 8.06. The van der Waals surface area contributed by atoms with Crippen molar-refractivity contribution in [3.63, 3.8) is 0 Å². The highest BCUT2D eigenvalue weighted by atomic mass is 19.1. The fraction of sp³-hybridized carbons (Fsp3) is 0.444. The molecule has 2 heterocycles. The van der Waals surface area contributed by atoms with E-state index in [1.165, 1.54) is 12.1 Å². The number of hydrogen-bond donors (Lipinski definition) is 0. The van der Waals surface area contributed by atoms with E-state index < -0.39 is 0 Å². The zero-order valence-electron chi connectivity index (χ0n) is 13.5. The van der Waals surface area contributed by atoms with Gasteiger partial charge in [0.1, 0.15) is 5.82 Å². The quantitative estimate of drug-likeness (QED) is 0.872. The monoisotopic (exact) mass is 316 g/mol. The van der Waals surface area contributed by atoms with Gasteiger partial charge in [-0.3, -0.25) is 9.78 Å². The SMILES string of the molecule is CCOC1CCCN(C(=O)c2cc3ccc(F)cc3nc2C)C1. The average molecular weight is 316 g/mol. The first kappa shape index (κ1) is 15.9. The number of benzene rings is 1. The smallest absolute Gasteiger partial charge is 0.255 e. The lowest BCUT2D eigenvalue weighted by atomic mass is 10.0. The van der Waals surface area contributed by atoms with Crippen molar-refractivity contribution in [1.29, 1.82) is 0 Å². The topological polar surface area (TPSA) is 42.4 Å². The molecule has 1 aromatic heterocycles. The van der Waals surface area contributed by atoms with Crippen LogP contribution in [0, 0.1) is 12.7 Å². The molecule has 1 aromatic carbocycles. The van der Waals surface area contributed by atoms with Gasteiger partial charge in [0, 0.05) is 31.1 Å². The molecule has 1 unspecified atom stereocenters. The van der Waals surface area contributed by atoms with Crippen LogP contribution >= 0.6 is 0 Å². The third kappa shape index (κ3) is 3.34. The van der Waals surface area contributed by atoms with Gasteiger partial charge in [-0.05, 0) is 44.9 Å². The summed E-state index contributed by atoms with van der Waals surface area (Å²) in [6.07, 6.45) is 2.05. The lowest BCUT2D eigenvalue weighted by Crippen LogP contribution is -2.43. The second-order valence-corrected chi connectivity index (χ2v) is 5.93. The Bertz CT molecular complexity index is 730. The zero-order chi connectivity index (χ0) is 16.4. The highest BCUT2D eigenvalue weighted by molar-refractivity contribution is 5.98. The molecule has 2 aromatic rings. The summed E-state index contributed by atoms with van der Waals surface area (Å²) in [7, 11) is 0. The predicted molar refractivity (Wildman–Crippen MR) is 87.0 cm³/mol. The Morgan fingerprint density at radius 2 is 2.26 bits per heavy atom. The summed E-state index contributed by atoms with van der Waals surface area (Å²) in [4.78, 5) is 19.1. The van der Waals surface area contributed by atoms with Crippen LogP contribution in [0.1, 0.15) is 35.8 Å². The van der Waals surface area contributed by atoms with E-state index in [-0.39, 0.29) is 17.8 Å². The Kier molecular flexibility index (Phi) is 4.57. The van der Waals surface area contributed by atoms with Crippen LogP contribution in [0.5, 0.6) is 0 Å². The maximum atomic E-state index is 13.3. The number of amides is 1. The molecule has 1 saturated heterocycles. The Labute approximate surface area is 135 Å². The van der Waals surface area contributed by atoms with Crippen LogP contribution in [0.2, 0.25) is 0 Å². The predicted octanol–water partition coefficient (Wildman–Crippen LogP) is 3.32. The Morgan fingerprint density at radius 1 is 1.43 bits per heavy atom. The van der Waals surface area contributed by atoms with Gasteiger partial charge in [-0.1, -0.05) is 0 Å². The summed E-state index contributed by atoms with van der Waals surface area (Å²) in [5, 5.41) is 0.777. The van der Waals surface area contributed by atoms with Crippen LogP contribution in [0.4, 0.5) is 4.39 Å². The van der Waals surface area contributed by atoms with Gasteiger partial charge in [0.25, 0.3) is 5.91 Å². The third-order valence-corrected chi connectivity index (χ3v) is 4.27. The van der Waals surface area contributed by atoms with E-state index in [1.807, 2.05) is 17.9 Å². The van der Waals surface area contributed by atoms with Gasteiger partial charge in [0.05, 0.1) is 22.9 Å². The second kappa shape index (κ2) is 6.62. The number of fused-ring (bicyclic) bond motifs is 1. The number of carbonyl (C=O) groups is 1. The molecular weight excluding hydrogens is 295 g/mol. The van der Waals surface area contributed by atoms with E-state index in [0.29, 0.717) is 29.9 Å². The van der Waals surface area contributed by atoms with Crippen molar-refractivity contribution in [2.24, 2.45) is 0 Å². The summed E-state index contributed by atoms with van der Waals surface area (Å²) in [5.74, 6) is -0.343. The van der Waals surface area contributed by atoms with Gasteiger partial charge < -0.3 is 9.64 Å². The van der Waals surface area contributed by atoms with Crippen LogP contribution in [0.25, 0.3) is 10.9 Å². The highest BCUT2D eigenvalue weighted by Crippen LogP contribution is 2.21. The van der Waals surface area contributed by atoms with Crippen molar-refractivity contribution in [1.82, 2.24) is 9.88 Å². The first-order valence-corrected chi connectivity index (χ1v) is 8.06. The lowest BCUT2D eigenvalue weighted by Gasteiger charge is -2.32. The van der Waals surface area contributed by atoms with Gasteiger partial charge in [-0.2, -0.15) is 0 Å². The molecule has 0 aliphatic carbocycles. The van der Waals surface area contributed by atoms with Crippen molar-refractivity contribution < 1.29 is 13.9 Å². The first-order chi connectivity index (χ1) is 11.1. The molecule has 0 spiro atoms. The van der Waals surface area contributed by atoms with Crippen molar-refractivity contribution in [2.75, 3.05) is 19.7 Å². The zero-order valence-corrected chi connectivity index (χ0v) is 13.5. The number of rotatable bonds is 3. The van der Waals surface area contributed by atoms with Gasteiger partial charge in [-0.15, -0.1) is 0 Å². The standard InChI is InChI=1S/C18H21FN2O2/c1-3-23-15-5-4-8-21(11-15)18(22)16-9-13-6-7-14(19)10-17(13)20-12(16)2/h6-7,9-10,15H,3-5,8,11H2,1-2H3. The number of hydrogen-bond acceptors (Lipinski definition) is 3. The van der Waals surface area contributed by atoms with Crippen molar-refractivity contribution in [3.8, 4) is 0 Å². The molecule has 0 N–H and O–H groups in total. The third-order valence-electron chi connectivity index (χ3n) is 4.27. The molecule has 1 amide bonds. The molecule has 1 aliphatic rings. The molecule has 1 aliphatic heterocycles. The molecule has 4 nitrogen and oxygen atoms in total. The van der Waals surface area contributed by atoms with E-state index in [1.54, 1.807) is 13.0 Å². The minimum Gasteiger partial charge on any atom is -0.377 e. The van der Waals surface area contributed by atoms with Gasteiger partial charge in [-0.25, -0.2) is 4.39 Å². The number of aromatic nitrogens is 1. The van der Waals surface area contributed by atoms with Crippen LogP contribution in [0.15, 0.2) is 24.3 Å². The summed E-state index contributed by atoms with van der Waals surface area (Å²) in [6, 6.07) is 6.25. The average Bonchev–Trinajstić information content (AvgIpc) is 2.54. The molecule has 0 saturated carbocycles. The van der Waals surface area contributed by atoms with E-state index in [4.69, 9.17) is 4.74 Å². The number of pyridine rings is 1. The largest absolute Gasteiger partial charge is 0.377 e. The summed E-state index contributed by atoms with van der Waals surface area (Å²) in [5.41, 5.74) is 1.79. The summed E-state index contributed by atoms with van der Waals surface area (Å²) < 4.78 is 19.0. The normalized spacial score (nSPS) is 18.4. The van der Waals surface area contributed by atoms with Crippen molar-refractivity contribution in [2.45, 2.75) is 32.8 Å². The Morgan fingerprint density at radius 3 is 3.04 bits per heavy atom. The van der Waals surface area contributed by atoms with E-state index in [2.05, 4.69) is 4.98 Å². The van der Waals surface area contributed by atoms with Gasteiger partial charge >= 0.3 is 0 Å². The number of aryl methyl sites for hydroxylation is 1. The molecule has 23 heavy (non-hydrogen) atoms. The maximum Gasteiger partial charge on any atom is 0.255 e. The van der Waals surface area contributed by atoms with Crippen LogP contribution in [-0.4, -0.2) is 41.6 Å². The fourth-order valence-electron chi connectivity index (χ4n) is 3.12. The molecule has 3 rings (SSSR count). The minimum atomic E-state index is -0.320. The fourth-order valence-corrected chi connectivity index (χ4v) is 3.12. The molecule has 1 fully saturated rings. The van der Waals surface area contributed by atoms with Crippen LogP contribution in [0.3, 0.4) is 0 Å². The number of carbonyl (C=O) groups excluding carboxylic acids is 1. The molecular formula is C18H21FN2O2. The molecule has 0 radical (unpaired) electrons. The van der Waals surface area contributed by atoms with Gasteiger partial charge in [0.2, 0.25) is 0 Å². The lowest BCUT2D eigenvalue weighted by molar-refractivity contribution is 0.00720. The Balaban J connectivity index is 1.88. The van der Waals surface area contributed by atoms with Crippen molar-refractivity contribution >= 4 is 16.8 Å². The van der Waals surface area contributed by atoms with E-state index >= 15 is 0 Å². The molecule has 5 heteroatoms. The van der Waals surface area contributed by atoms with E-state index in [9.17, 15) is 9.18 Å². The number of likely N-dealkylation sites (tertiary alicyclic amines) is 1.